The number of unbranched alkanes of at least 4 members (excludes halogenated alkanes) is 2. The van der Waals surface area contributed by atoms with Crippen molar-refractivity contribution in [1.29, 1.82) is 0 Å². The molecule has 0 heterocycles. The van der Waals surface area contributed by atoms with Crippen molar-refractivity contribution in [3.8, 4) is 0 Å². The summed E-state index contributed by atoms with van der Waals surface area (Å²) in [5.74, 6) is 0.718. The van der Waals surface area contributed by atoms with Crippen molar-refractivity contribution in [1.82, 2.24) is 0 Å². The molecule has 0 amide bonds. The van der Waals surface area contributed by atoms with Crippen molar-refractivity contribution in [3.05, 3.63) is 12.2 Å². The van der Waals surface area contributed by atoms with Gasteiger partial charge in [-0.25, -0.2) is 0 Å². The number of carbonyl (C=O) groups excluding carboxylic acids is 1. The van der Waals surface area contributed by atoms with Gasteiger partial charge in [-0.3, -0.25) is 4.79 Å². The molecule has 0 aliphatic heterocycles. The lowest BCUT2D eigenvalue weighted by atomic mass is 9.90. The molecule has 0 N–H and O–H groups in total. The summed E-state index contributed by atoms with van der Waals surface area (Å²) < 4.78 is 0. The topological polar surface area (TPSA) is 17.1 Å². The number of carbonyl (C=O) groups is 1. The largest absolute Gasteiger partial charge is 0.299 e. The molecule has 1 atom stereocenters. The molecule has 1 rings (SSSR count). The van der Waals surface area contributed by atoms with Gasteiger partial charge in [-0.15, -0.1) is 0 Å². The van der Waals surface area contributed by atoms with E-state index in [1.807, 2.05) is 0 Å². The standard InChI is InChI=1S/C12H20O/c1-2-3-5-10-12(13)11-8-6-4-7-9-11/h6,8,11H,2-5,7,9-10H2,1H3. The van der Waals surface area contributed by atoms with E-state index >= 15 is 0 Å². The molecular formula is C12H20O. The van der Waals surface area contributed by atoms with Gasteiger partial charge in [0.1, 0.15) is 5.78 Å². The summed E-state index contributed by atoms with van der Waals surface area (Å²) in [5.41, 5.74) is 0. The van der Waals surface area contributed by atoms with Crippen LogP contribution in [0.5, 0.6) is 0 Å². The Morgan fingerprint density at radius 1 is 1.46 bits per heavy atom. The summed E-state index contributed by atoms with van der Waals surface area (Å²) >= 11 is 0. The highest BCUT2D eigenvalue weighted by molar-refractivity contribution is 5.82. The zero-order valence-corrected chi connectivity index (χ0v) is 8.59. The minimum atomic E-state index is 0.255. The third-order valence-corrected chi connectivity index (χ3v) is 2.69. The minimum Gasteiger partial charge on any atom is -0.299 e. The lowest BCUT2D eigenvalue weighted by Crippen LogP contribution is -2.13. The molecule has 1 heteroatoms. The molecule has 0 aromatic carbocycles. The Morgan fingerprint density at radius 2 is 2.31 bits per heavy atom. The first-order valence-corrected chi connectivity index (χ1v) is 5.54. The molecule has 0 bridgehead atoms. The third kappa shape index (κ3) is 3.75. The van der Waals surface area contributed by atoms with Crippen LogP contribution in [0.3, 0.4) is 0 Å². The van der Waals surface area contributed by atoms with Gasteiger partial charge in [-0.2, -0.15) is 0 Å². The van der Waals surface area contributed by atoms with Crippen LogP contribution in [0.2, 0.25) is 0 Å². The predicted molar refractivity (Wildman–Crippen MR) is 55.6 cm³/mol. The van der Waals surface area contributed by atoms with Crippen LogP contribution in [0, 0.1) is 5.92 Å². The first kappa shape index (κ1) is 10.5. The predicted octanol–water partition coefficient (Wildman–Crippen LogP) is 3.49. The minimum absolute atomic E-state index is 0.255. The van der Waals surface area contributed by atoms with Crippen LogP contribution in [-0.4, -0.2) is 5.78 Å². The Hall–Kier alpha value is -0.590. The summed E-state index contributed by atoms with van der Waals surface area (Å²) in [7, 11) is 0. The van der Waals surface area contributed by atoms with E-state index in [2.05, 4.69) is 19.1 Å². The number of hydrogen-bond acceptors (Lipinski definition) is 1. The zero-order chi connectivity index (χ0) is 9.52. The van der Waals surface area contributed by atoms with Crippen molar-refractivity contribution in [2.45, 2.75) is 51.9 Å². The second-order valence-corrected chi connectivity index (χ2v) is 3.89. The third-order valence-electron chi connectivity index (χ3n) is 2.69. The van der Waals surface area contributed by atoms with Gasteiger partial charge in [0, 0.05) is 12.3 Å². The van der Waals surface area contributed by atoms with Crippen molar-refractivity contribution >= 4 is 5.78 Å². The van der Waals surface area contributed by atoms with Crippen molar-refractivity contribution < 1.29 is 4.79 Å². The fourth-order valence-corrected chi connectivity index (χ4v) is 1.82. The van der Waals surface area contributed by atoms with Crippen molar-refractivity contribution in [3.63, 3.8) is 0 Å². The average molecular weight is 180 g/mol. The summed E-state index contributed by atoms with van der Waals surface area (Å²) in [6.45, 7) is 2.17. The highest BCUT2D eigenvalue weighted by atomic mass is 16.1. The number of Topliss-reactive ketones (excluding diaryl/α,β-unsaturated/α-hetero) is 1. The summed E-state index contributed by atoms with van der Waals surface area (Å²) in [5, 5.41) is 0. The molecule has 0 aromatic heterocycles. The molecule has 13 heavy (non-hydrogen) atoms. The fourth-order valence-electron chi connectivity index (χ4n) is 1.82. The summed E-state index contributed by atoms with van der Waals surface area (Å²) in [6, 6.07) is 0. The fraction of sp³-hybridized carbons (Fsp3) is 0.750. The zero-order valence-electron chi connectivity index (χ0n) is 8.59. The molecule has 0 saturated carbocycles. The van der Waals surface area contributed by atoms with Crippen molar-refractivity contribution in [2.24, 2.45) is 5.92 Å². The Kier molecular flexibility index (Phi) is 4.81. The highest BCUT2D eigenvalue weighted by Crippen LogP contribution is 2.20. The smallest absolute Gasteiger partial charge is 0.139 e. The maximum absolute atomic E-state index is 11.6. The molecule has 1 aliphatic carbocycles. The van der Waals surface area contributed by atoms with Crippen LogP contribution in [0.4, 0.5) is 0 Å². The number of ketones is 1. The first-order chi connectivity index (χ1) is 6.34. The van der Waals surface area contributed by atoms with Gasteiger partial charge in [0.2, 0.25) is 0 Å². The second-order valence-electron chi connectivity index (χ2n) is 3.89. The lowest BCUT2D eigenvalue weighted by molar-refractivity contribution is -0.121. The molecule has 1 nitrogen and oxygen atoms in total. The van der Waals surface area contributed by atoms with Gasteiger partial charge in [-0.05, 0) is 25.7 Å². The highest BCUT2D eigenvalue weighted by Gasteiger charge is 2.15. The summed E-state index contributed by atoms with van der Waals surface area (Å²) in [6.07, 6.45) is 12.0. The van der Waals surface area contributed by atoms with Gasteiger partial charge in [-0.1, -0.05) is 31.9 Å². The maximum Gasteiger partial charge on any atom is 0.139 e. The lowest BCUT2D eigenvalue weighted by Gasteiger charge is -2.14. The van der Waals surface area contributed by atoms with E-state index < -0.39 is 0 Å². The van der Waals surface area contributed by atoms with Crippen LogP contribution in [0.25, 0.3) is 0 Å². The molecule has 1 unspecified atom stereocenters. The Balaban J connectivity index is 2.21. The van der Waals surface area contributed by atoms with Gasteiger partial charge < -0.3 is 0 Å². The maximum atomic E-state index is 11.6. The van der Waals surface area contributed by atoms with Crippen LogP contribution in [-0.2, 0) is 4.79 Å². The van der Waals surface area contributed by atoms with Gasteiger partial charge in [0.15, 0.2) is 0 Å². The van der Waals surface area contributed by atoms with E-state index in [9.17, 15) is 4.79 Å². The van der Waals surface area contributed by atoms with E-state index in [0.29, 0.717) is 5.78 Å². The number of rotatable bonds is 5. The summed E-state index contributed by atoms with van der Waals surface area (Å²) in [4.78, 5) is 11.6. The molecule has 0 saturated heterocycles. The van der Waals surface area contributed by atoms with Crippen LogP contribution in [0.1, 0.15) is 51.9 Å². The van der Waals surface area contributed by atoms with E-state index in [-0.39, 0.29) is 5.92 Å². The molecular weight excluding hydrogens is 160 g/mol. The Bertz CT molecular complexity index is 182. The van der Waals surface area contributed by atoms with E-state index in [1.54, 1.807) is 0 Å². The SMILES string of the molecule is CCCCCC(=O)C1C=CCCC1. The average Bonchev–Trinajstić information content (AvgIpc) is 2.19. The van der Waals surface area contributed by atoms with Gasteiger partial charge in [0.05, 0.1) is 0 Å². The Labute approximate surface area is 81.2 Å². The van der Waals surface area contributed by atoms with E-state index in [0.717, 1.165) is 19.3 Å². The Morgan fingerprint density at radius 3 is 2.92 bits per heavy atom. The molecule has 0 spiro atoms. The second kappa shape index (κ2) is 5.95. The molecule has 1 aliphatic rings. The van der Waals surface area contributed by atoms with E-state index in [1.165, 1.54) is 25.7 Å². The first-order valence-electron chi connectivity index (χ1n) is 5.54. The van der Waals surface area contributed by atoms with Crippen LogP contribution in [0.15, 0.2) is 12.2 Å². The van der Waals surface area contributed by atoms with Crippen molar-refractivity contribution in [2.75, 3.05) is 0 Å². The van der Waals surface area contributed by atoms with Crippen LogP contribution >= 0.6 is 0 Å². The van der Waals surface area contributed by atoms with Gasteiger partial charge in [0.25, 0.3) is 0 Å². The van der Waals surface area contributed by atoms with Crippen LogP contribution < -0.4 is 0 Å². The van der Waals surface area contributed by atoms with Gasteiger partial charge >= 0.3 is 0 Å². The molecule has 0 radical (unpaired) electrons. The normalized spacial score (nSPS) is 21.8. The quantitative estimate of drug-likeness (QED) is 0.467. The number of allylic oxidation sites excluding steroid dienone is 2. The monoisotopic (exact) mass is 180 g/mol. The molecule has 0 fully saturated rings. The van der Waals surface area contributed by atoms with E-state index in [4.69, 9.17) is 0 Å². The molecule has 0 aromatic rings. The molecule has 74 valence electrons. The number of hydrogen-bond donors (Lipinski definition) is 0.